The van der Waals surface area contributed by atoms with Crippen molar-refractivity contribution >= 4 is 43.3 Å². The molecule has 0 aliphatic carbocycles. The first-order valence-electron chi connectivity index (χ1n) is 13.1. The van der Waals surface area contributed by atoms with Crippen molar-refractivity contribution in [2.75, 3.05) is 56.9 Å². The number of piperazine rings is 1. The van der Waals surface area contributed by atoms with E-state index in [1.54, 1.807) is 6.20 Å². The fourth-order valence-corrected chi connectivity index (χ4v) is 7.06. The van der Waals surface area contributed by atoms with Crippen molar-refractivity contribution in [1.82, 2.24) is 24.8 Å². The van der Waals surface area contributed by atoms with E-state index in [9.17, 15) is 14.8 Å². The molecule has 6 heterocycles. The van der Waals surface area contributed by atoms with E-state index in [-0.39, 0.29) is 56.7 Å². The Bertz CT molecular complexity index is 1720. The number of hydrogen-bond donors (Lipinski definition) is 2. The number of thiophene rings is 1. The normalized spacial score (nSPS) is 21.9. The highest BCUT2D eigenvalue weighted by atomic mass is 32.1. The number of fused-ring (bicyclic) bond motifs is 4. The lowest BCUT2D eigenvalue weighted by Crippen LogP contribution is -2.52. The molecule has 10 nitrogen and oxygen atoms in total. The summed E-state index contributed by atoms with van der Waals surface area (Å²) in [5.41, 5.74) is 7.74. The molecule has 7 rings (SSSR count). The standard InChI is InChI=1S/C27H26F2N8O2S/c1-35-2-4-36(5-3-35)18-9-37(10-19(18)38)27-33-7-14-15-11-39-12-16(15)20(22(29)23(14)34-27)24-21-13(6-30)26(31)40-25(21)17(28)8-32-24/h7-8,18-19,38H,2-5,9-12,31H2,1H3/t18-,19-/m1/s1. The van der Waals surface area contributed by atoms with Crippen LogP contribution >= 0.6 is 11.3 Å². The highest BCUT2D eigenvalue weighted by molar-refractivity contribution is 7.23. The predicted molar refractivity (Wildman–Crippen MR) is 147 cm³/mol. The van der Waals surface area contributed by atoms with Crippen LogP contribution in [0.3, 0.4) is 0 Å². The van der Waals surface area contributed by atoms with Crippen LogP contribution in [0.15, 0.2) is 12.4 Å². The summed E-state index contributed by atoms with van der Waals surface area (Å²) < 4.78 is 37.1. The Morgan fingerprint density at radius 1 is 1.12 bits per heavy atom. The molecule has 0 bridgehead atoms. The number of rotatable bonds is 3. The molecule has 2 saturated heterocycles. The van der Waals surface area contributed by atoms with Crippen LogP contribution in [0.2, 0.25) is 0 Å². The molecule has 0 saturated carbocycles. The molecule has 0 amide bonds. The minimum atomic E-state index is -0.646. The third-order valence-electron chi connectivity index (χ3n) is 8.28. The third-order valence-corrected chi connectivity index (χ3v) is 9.31. The van der Waals surface area contributed by atoms with E-state index in [4.69, 9.17) is 10.5 Å². The lowest BCUT2D eigenvalue weighted by molar-refractivity contribution is 0.0512. The zero-order valence-electron chi connectivity index (χ0n) is 21.7. The number of aromatic nitrogens is 3. The van der Waals surface area contributed by atoms with Gasteiger partial charge < -0.3 is 25.4 Å². The molecule has 4 aromatic rings. The molecule has 0 radical (unpaired) electrons. The number of aliphatic hydroxyl groups excluding tert-OH is 1. The Hall–Kier alpha value is -3.54. The summed E-state index contributed by atoms with van der Waals surface area (Å²) in [5.74, 6) is -0.952. The topological polar surface area (TPSA) is 128 Å². The summed E-state index contributed by atoms with van der Waals surface area (Å²) in [6, 6.07) is 1.96. The fraction of sp³-hybridized carbons (Fsp3) is 0.407. The number of aliphatic hydroxyl groups is 1. The van der Waals surface area contributed by atoms with E-state index in [0.29, 0.717) is 30.0 Å². The van der Waals surface area contributed by atoms with Gasteiger partial charge in [-0.1, -0.05) is 0 Å². The molecule has 206 valence electrons. The minimum Gasteiger partial charge on any atom is -0.390 e. The van der Waals surface area contributed by atoms with Crippen LogP contribution in [0.4, 0.5) is 19.7 Å². The summed E-state index contributed by atoms with van der Waals surface area (Å²) in [7, 11) is 2.09. The molecule has 13 heteroatoms. The third kappa shape index (κ3) is 3.82. The van der Waals surface area contributed by atoms with Gasteiger partial charge in [-0.25, -0.2) is 18.7 Å². The minimum absolute atomic E-state index is 0.0630. The van der Waals surface area contributed by atoms with Crippen LogP contribution < -0.4 is 10.6 Å². The second kappa shape index (κ2) is 9.53. The average molecular weight is 565 g/mol. The smallest absolute Gasteiger partial charge is 0.226 e. The van der Waals surface area contributed by atoms with Gasteiger partial charge in [0.15, 0.2) is 11.6 Å². The number of hydrogen-bond acceptors (Lipinski definition) is 11. The first-order valence-corrected chi connectivity index (χ1v) is 13.9. The summed E-state index contributed by atoms with van der Waals surface area (Å²) in [4.78, 5) is 19.9. The van der Waals surface area contributed by atoms with Crippen molar-refractivity contribution in [3.8, 4) is 17.3 Å². The second-order valence-corrected chi connectivity index (χ2v) is 11.6. The van der Waals surface area contributed by atoms with Crippen molar-refractivity contribution in [2.24, 2.45) is 0 Å². The Labute approximate surface area is 232 Å². The number of nitriles is 1. The fourth-order valence-electron chi connectivity index (χ4n) is 6.14. The lowest BCUT2D eigenvalue weighted by Gasteiger charge is -2.37. The summed E-state index contributed by atoms with van der Waals surface area (Å²) in [6.45, 7) is 4.83. The van der Waals surface area contributed by atoms with Crippen LogP contribution in [0.1, 0.15) is 16.7 Å². The van der Waals surface area contributed by atoms with E-state index in [2.05, 4.69) is 31.8 Å². The van der Waals surface area contributed by atoms with Crippen molar-refractivity contribution < 1.29 is 18.6 Å². The maximum atomic E-state index is 16.6. The average Bonchev–Trinajstić information content (AvgIpc) is 3.67. The predicted octanol–water partition coefficient (Wildman–Crippen LogP) is 2.47. The van der Waals surface area contributed by atoms with Gasteiger partial charge in [0.1, 0.15) is 16.6 Å². The maximum Gasteiger partial charge on any atom is 0.226 e. The number of nitrogens with zero attached hydrogens (tertiary/aromatic N) is 7. The van der Waals surface area contributed by atoms with Gasteiger partial charge in [-0.05, 0) is 18.2 Å². The van der Waals surface area contributed by atoms with Gasteiger partial charge in [-0.3, -0.25) is 9.88 Å². The molecule has 2 atom stereocenters. The number of nitrogens with two attached hydrogens (primary N) is 1. The molecule has 3 aromatic heterocycles. The van der Waals surface area contributed by atoms with Crippen molar-refractivity contribution in [3.63, 3.8) is 0 Å². The zero-order valence-corrected chi connectivity index (χ0v) is 22.5. The Balaban J connectivity index is 1.35. The quantitative estimate of drug-likeness (QED) is 0.383. The van der Waals surface area contributed by atoms with E-state index < -0.39 is 17.7 Å². The van der Waals surface area contributed by atoms with Crippen LogP contribution in [0, 0.1) is 23.0 Å². The molecular weight excluding hydrogens is 538 g/mol. The molecule has 40 heavy (non-hydrogen) atoms. The van der Waals surface area contributed by atoms with E-state index in [1.807, 2.05) is 11.0 Å². The zero-order chi connectivity index (χ0) is 27.7. The van der Waals surface area contributed by atoms with Crippen molar-refractivity contribution in [3.05, 3.63) is 40.7 Å². The largest absolute Gasteiger partial charge is 0.390 e. The highest BCUT2D eigenvalue weighted by Gasteiger charge is 2.38. The number of ether oxygens (including phenoxy) is 1. The monoisotopic (exact) mass is 564 g/mol. The molecule has 3 N–H and O–H groups in total. The van der Waals surface area contributed by atoms with Gasteiger partial charge >= 0.3 is 0 Å². The number of β-amino-alcohol motifs (C(OH)–C–C–N with tert-alkyl or cyclic N) is 1. The molecule has 0 unspecified atom stereocenters. The molecule has 1 aromatic carbocycles. The van der Waals surface area contributed by atoms with Gasteiger partial charge in [0.25, 0.3) is 0 Å². The Morgan fingerprint density at radius 3 is 2.67 bits per heavy atom. The van der Waals surface area contributed by atoms with Gasteiger partial charge in [0, 0.05) is 61.8 Å². The number of benzene rings is 1. The van der Waals surface area contributed by atoms with Crippen LogP contribution in [0.5, 0.6) is 0 Å². The molecule has 3 aliphatic heterocycles. The van der Waals surface area contributed by atoms with Crippen LogP contribution in [-0.4, -0.2) is 88.3 Å². The molecular formula is C27H26F2N8O2S. The van der Waals surface area contributed by atoms with E-state index in [0.717, 1.165) is 49.3 Å². The van der Waals surface area contributed by atoms with Gasteiger partial charge in [0.05, 0.1) is 47.5 Å². The van der Waals surface area contributed by atoms with Gasteiger partial charge in [-0.2, -0.15) is 5.26 Å². The Morgan fingerprint density at radius 2 is 1.90 bits per heavy atom. The number of anilines is 2. The summed E-state index contributed by atoms with van der Waals surface area (Å²) in [5, 5.41) is 21.5. The highest BCUT2D eigenvalue weighted by Crippen LogP contribution is 2.45. The van der Waals surface area contributed by atoms with Crippen molar-refractivity contribution in [1.29, 1.82) is 5.26 Å². The van der Waals surface area contributed by atoms with Crippen LogP contribution in [-0.2, 0) is 18.0 Å². The number of halogens is 2. The number of nitrogen functional groups attached to an aromatic ring is 1. The Kier molecular flexibility index (Phi) is 6.06. The summed E-state index contributed by atoms with van der Waals surface area (Å²) in [6.07, 6.45) is 2.04. The first-order chi connectivity index (χ1) is 19.4. The molecule has 2 fully saturated rings. The van der Waals surface area contributed by atoms with Crippen LogP contribution in [0.25, 0.3) is 32.2 Å². The van der Waals surface area contributed by atoms with E-state index in [1.165, 1.54) is 0 Å². The maximum absolute atomic E-state index is 16.6. The van der Waals surface area contributed by atoms with Crippen molar-refractivity contribution in [2.45, 2.75) is 25.4 Å². The second-order valence-electron chi connectivity index (χ2n) is 10.6. The van der Waals surface area contributed by atoms with E-state index >= 15 is 4.39 Å². The summed E-state index contributed by atoms with van der Waals surface area (Å²) >= 11 is 0.937. The SMILES string of the molecule is CN1CCN([C@@H]2CN(c3ncc4c5c(c(-c6ncc(F)c7sc(N)c(C#N)c67)c(F)c4n3)COC5)C[C@H]2O)CC1. The molecule has 3 aliphatic rings. The lowest BCUT2D eigenvalue weighted by atomic mass is 9.94. The van der Waals surface area contributed by atoms with Gasteiger partial charge in [0.2, 0.25) is 5.95 Å². The van der Waals surface area contributed by atoms with Gasteiger partial charge in [-0.15, -0.1) is 11.3 Å². The number of likely N-dealkylation sites (N-methyl/N-ethyl adjacent to an activating group) is 1. The first kappa shape index (κ1) is 25.4. The number of pyridine rings is 1. The molecule has 0 spiro atoms.